The van der Waals surface area contributed by atoms with Gasteiger partial charge in [0.2, 0.25) is 5.91 Å². The van der Waals surface area contributed by atoms with E-state index in [1.807, 2.05) is 0 Å². The zero-order chi connectivity index (χ0) is 12.6. The minimum absolute atomic E-state index is 0.0906. The molecule has 1 saturated carbocycles. The van der Waals surface area contributed by atoms with E-state index in [1.54, 1.807) is 0 Å². The summed E-state index contributed by atoms with van der Waals surface area (Å²) in [6.45, 7) is 12.2. The van der Waals surface area contributed by atoms with Gasteiger partial charge in [-0.1, -0.05) is 34.6 Å². The van der Waals surface area contributed by atoms with E-state index >= 15 is 0 Å². The van der Waals surface area contributed by atoms with E-state index in [4.69, 9.17) is 5.73 Å². The van der Waals surface area contributed by atoms with E-state index in [2.05, 4.69) is 39.9 Å². The van der Waals surface area contributed by atoms with E-state index in [-0.39, 0.29) is 22.2 Å². The van der Waals surface area contributed by atoms with E-state index < -0.39 is 0 Å². The highest BCUT2D eigenvalue weighted by molar-refractivity contribution is 5.85. The summed E-state index contributed by atoms with van der Waals surface area (Å²) >= 11 is 0. The zero-order valence-corrected chi connectivity index (χ0v) is 11.3. The van der Waals surface area contributed by atoms with Gasteiger partial charge in [-0.2, -0.15) is 0 Å². The summed E-state index contributed by atoms with van der Waals surface area (Å²) in [5.41, 5.74) is 5.68. The molecule has 0 heterocycles. The van der Waals surface area contributed by atoms with Crippen molar-refractivity contribution in [3.8, 4) is 0 Å². The van der Waals surface area contributed by atoms with Crippen molar-refractivity contribution in [1.82, 2.24) is 5.32 Å². The van der Waals surface area contributed by atoms with Crippen molar-refractivity contribution >= 4 is 5.91 Å². The second-order valence-electron chi connectivity index (χ2n) is 6.80. The summed E-state index contributed by atoms with van der Waals surface area (Å²) in [5, 5.41) is 3.06. The van der Waals surface area contributed by atoms with Gasteiger partial charge in [0.25, 0.3) is 0 Å². The molecule has 94 valence electrons. The molecule has 0 aromatic heterocycles. The number of rotatable bonds is 4. The number of carbonyl (C=O) groups is 1. The predicted molar refractivity (Wildman–Crippen MR) is 67.0 cm³/mol. The SMILES string of the molecule is CC(C)(C)C(C)(C)CNC(=O)C1(CN)CC1. The second-order valence-corrected chi connectivity index (χ2v) is 6.80. The van der Waals surface area contributed by atoms with Crippen molar-refractivity contribution < 1.29 is 4.79 Å². The maximum Gasteiger partial charge on any atom is 0.227 e. The van der Waals surface area contributed by atoms with Crippen LogP contribution in [0.5, 0.6) is 0 Å². The van der Waals surface area contributed by atoms with Crippen LogP contribution in [0.25, 0.3) is 0 Å². The molecule has 16 heavy (non-hydrogen) atoms. The van der Waals surface area contributed by atoms with Crippen molar-refractivity contribution in [2.75, 3.05) is 13.1 Å². The number of hydrogen-bond acceptors (Lipinski definition) is 2. The van der Waals surface area contributed by atoms with Crippen molar-refractivity contribution in [3.63, 3.8) is 0 Å². The van der Waals surface area contributed by atoms with Crippen LogP contribution >= 0.6 is 0 Å². The number of carbonyl (C=O) groups excluding carboxylic acids is 1. The van der Waals surface area contributed by atoms with Crippen LogP contribution in [0.3, 0.4) is 0 Å². The molecule has 3 nitrogen and oxygen atoms in total. The largest absolute Gasteiger partial charge is 0.355 e. The lowest BCUT2D eigenvalue weighted by molar-refractivity contribution is -0.126. The lowest BCUT2D eigenvalue weighted by Gasteiger charge is -2.39. The van der Waals surface area contributed by atoms with Gasteiger partial charge in [0.05, 0.1) is 5.41 Å². The summed E-state index contributed by atoms with van der Waals surface area (Å²) in [4.78, 5) is 11.9. The van der Waals surface area contributed by atoms with Gasteiger partial charge in [0.15, 0.2) is 0 Å². The van der Waals surface area contributed by atoms with Gasteiger partial charge in [0.1, 0.15) is 0 Å². The van der Waals surface area contributed by atoms with Gasteiger partial charge in [-0.3, -0.25) is 4.79 Å². The first-order chi connectivity index (χ1) is 7.15. The molecular weight excluding hydrogens is 200 g/mol. The Morgan fingerprint density at radius 1 is 1.25 bits per heavy atom. The third-order valence-electron chi connectivity index (χ3n) is 4.45. The van der Waals surface area contributed by atoms with Gasteiger partial charge in [-0.05, 0) is 23.7 Å². The maximum absolute atomic E-state index is 11.9. The van der Waals surface area contributed by atoms with Crippen LogP contribution in [0, 0.1) is 16.2 Å². The first-order valence-corrected chi connectivity index (χ1v) is 6.13. The Kier molecular flexibility index (Phi) is 3.39. The van der Waals surface area contributed by atoms with Crippen molar-refractivity contribution in [2.24, 2.45) is 22.0 Å². The molecule has 0 unspecified atom stereocenters. The van der Waals surface area contributed by atoms with Gasteiger partial charge >= 0.3 is 0 Å². The van der Waals surface area contributed by atoms with Crippen molar-refractivity contribution in [1.29, 1.82) is 0 Å². The monoisotopic (exact) mass is 226 g/mol. The predicted octanol–water partition coefficient (Wildman–Crippen LogP) is 1.91. The van der Waals surface area contributed by atoms with Crippen molar-refractivity contribution in [3.05, 3.63) is 0 Å². The average molecular weight is 226 g/mol. The molecule has 1 aliphatic rings. The van der Waals surface area contributed by atoms with E-state index in [1.165, 1.54) is 0 Å². The maximum atomic E-state index is 11.9. The molecule has 1 rings (SSSR count). The lowest BCUT2D eigenvalue weighted by Crippen LogP contribution is -2.45. The van der Waals surface area contributed by atoms with E-state index in [0.29, 0.717) is 6.54 Å². The van der Waals surface area contributed by atoms with Gasteiger partial charge in [0, 0.05) is 13.1 Å². The minimum Gasteiger partial charge on any atom is -0.355 e. The van der Waals surface area contributed by atoms with Crippen LogP contribution < -0.4 is 11.1 Å². The zero-order valence-electron chi connectivity index (χ0n) is 11.3. The Labute approximate surface area is 99.2 Å². The molecule has 0 aromatic carbocycles. The summed E-state index contributed by atoms with van der Waals surface area (Å²) in [6, 6.07) is 0. The molecule has 0 spiro atoms. The molecule has 0 atom stereocenters. The highest BCUT2D eigenvalue weighted by atomic mass is 16.2. The normalized spacial score (nSPS) is 19.4. The second kappa shape index (κ2) is 4.02. The summed E-state index contributed by atoms with van der Waals surface area (Å²) < 4.78 is 0. The van der Waals surface area contributed by atoms with Crippen LogP contribution in [0.15, 0.2) is 0 Å². The molecular formula is C13H26N2O. The summed E-state index contributed by atoms with van der Waals surface area (Å²) in [6.07, 6.45) is 1.90. The number of amides is 1. The number of nitrogens with one attached hydrogen (secondary N) is 1. The Hall–Kier alpha value is -0.570. The van der Waals surface area contributed by atoms with Crippen LogP contribution in [-0.4, -0.2) is 19.0 Å². The Balaban J connectivity index is 2.49. The number of hydrogen-bond donors (Lipinski definition) is 2. The van der Waals surface area contributed by atoms with Crippen LogP contribution in [0.4, 0.5) is 0 Å². The third-order valence-corrected chi connectivity index (χ3v) is 4.45. The molecule has 0 radical (unpaired) electrons. The molecule has 1 fully saturated rings. The topological polar surface area (TPSA) is 55.1 Å². The molecule has 3 heteroatoms. The fraction of sp³-hybridized carbons (Fsp3) is 0.923. The molecule has 3 N–H and O–H groups in total. The number of nitrogens with two attached hydrogens (primary N) is 1. The highest BCUT2D eigenvalue weighted by Gasteiger charge is 2.48. The van der Waals surface area contributed by atoms with Gasteiger partial charge in [-0.25, -0.2) is 0 Å². The lowest BCUT2D eigenvalue weighted by atomic mass is 9.69. The van der Waals surface area contributed by atoms with Crippen LogP contribution in [0.2, 0.25) is 0 Å². The average Bonchev–Trinajstić information content (AvgIpc) is 2.93. The summed E-state index contributed by atoms with van der Waals surface area (Å²) in [7, 11) is 0. The third kappa shape index (κ3) is 2.57. The highest BCUT2D eigenvalue weighted by Crippen LogP contribution is 2.45. The molecule has 0 bridgehead atoms. The summed E-state index contributed by atoms with van der Waals surface area (Å²) in [5.74, 6) is 0.146. The minimum atomic E-state index is -0.228. The molecule has 1 aliphatic carbocycles. The van der Waals surface area contributed by atoms with Gasteiger partial charge < -0.3 is 11.1 Å². The van der Waals surface area contributed by atoms with Crippen LogP contribution in [0.1, 0.15) is 47.5 Å². The van der Waals surface area contributed by atoms with Crippen LogP contribution in [-0.2, 0) is 4.79 Å². The fourth-order valence-electron chi connectivity index (χ4n) is 1.43. The Bertz CT molecular complexity index is 272. The van der Waals surface area contributed by atoms with Crippen molar-refractivity contribution in [2.45, 2.75) is 47.5 Å². The standard InChI is InChI=1S/C13H26N2O/c1-11(2,3)12(4,5)9-15-10(16)13(8-14)6-7-13/h6-9,14H2,1-5H3,(H,15,16). The fourth-order valence-corrected chi connectivity index (χ4v) is 1.43. The first kappa shape index (κ1) is 13.5. The van der Waals surface area contributed by atoms with Gasteiger partial charge in [-0.15, -0.1) is 0 Å². The first-order valence-electron chi connectivity index (χ1n) is 6.13. The van der Waals surface area contributed by atoms with E-state index in [9.17, 15) is 4.79 Å². The molecule has 0 aliphatic heterocycles. The molecule has 1 amide bonds. The molecule has 0 saturated heterocycles. The van der Waals surface area contributed by atoms with E-state index in [0.717, 1.165) is 19.4 Å². The Morgan fingerprint density at radius 3 is 2.06 bits per heavy atom. The molecule has 0 aromatic rings. The smallest absolute Gasteiger partial charge is 0.227 e. The Morgan fingerprint density at radius 2 is 1.75 bits per heavy atom. The quantitative estimate of drug-likeness (QED) is 0.769.